The molecule has 0 aromatic heterocycles. The zero-order chi connectivity index (χ0) is 20.5. The van der Waals surface area contributed by atoms with Gasteiger partial charge < -0.3 is 14.8 Å². The standard InChI is InChI=1S/C19H19Cl2N3O4/c1-3-28-19-12(5-4-6-16(19)27-2)11-22-24-18(26)10-17(25)23-13-7-8-14(20)15(21)9-13/h4-9,11H,3,10H2,1-2H3,(H,23,25)(H,24,26). The van der Waals surface area contributed by atoms with Crippen molar-refractivity contribution in [1.29, 1.82) is 0 Å². The molecule has 0 heterocycles. The summed E-state index contributed by atoms with van der Waals surface area (Å²) in [6, 6.07) is 9.92. The second-order valence-corrected chi connectivity index (χ2v) is 6.27. The summed E-state index contributed by atoms with van der Waals surface area (Å²) in [6.45, 7) is 2.30. The van der Waals surface area contributed by atoms with Gasteiger partial charge in [0.05, 0.1) is 30.0 Å². The molecular formula is C19H19Cl2N3O4. The van der Waals surface area contributed by atoms with E-state index in [-0.39, 0.29) is 0 Å². The van der Waals surface area contributed by atoms with E-state index in [0.29, 0.717) is 39.4 Å². The number of benzene rings is 2. The Labute approximate surface area is 172 Å². The summed E-state index contributed by atoms with van der Waals surface area (Å²) in [7, 11) is 1.53. The number of ether oxygens (including phenoxy) is 2. The number of hydrazone groups is 1. The van der Waals surface area contributed by atoms with E-state index in [9.17, 15) is 9.59 Å². The van der Waals surface area contributed by atoms with E-state index >= 15 is 0 Å². The SMILES string of the molecule is CCOc1c(C=NNC(=O)CC(=O)Nc2ccc(Cl)c(Cl)c2)cccc1OC. The van der Waals surface area contributed by atoms with E-state index in [1.54, 1.807) is 30.3 Å². The van der Waals surface area contributed by atoms with Gasteiger partial charge in [0.15, 0.2) is 11.5 Å². The number of carbonyl (C=O) groups excluding carboxylic acids is 2. The van der Waals surface area contributed by atoms with Crippen LogP contribution in [0, 0.1) is 0 Å². The van der Waals surface area contributed by atoms with E-state index in [2.05, 4.69) is 15.8 Å². The lowest BCUT2D eigenvalue weighted by atomic mass is 10.2. The van der Waals surface area contributed by atoms with E-state index in [4.69, 9.17) is 32.7 Å². The van der Waals surface area contributed by atoms with Crippen molar-refractivity contribution in [3.63, 3.8) is 0 Å². The molecule has 2 rings (SSSR count). The van der Waals surface area contributed by atoms with Crippen LogP contribution in [0.3, 0.4) is 0 Å². The third-order valence-corrected chi connectivity index (χ3v) is 4.17. The molecule has 7 nitrogen and oxygen atoms in total. The summed E-state index contributed by atoms with van der Waals surface area (Å²) in [5.41, 5.74) is 3.37. The zero-order valence-corrected chi connectivity index (χ0v) is 16.8. The van der Waals surface area contributed by atoms with Crippen LogP contribution < -0.4 is 20.2 Å². The minimum absolute atomic E-state index is 0.303. The Morgan fingerprint density at radius 2 is 1.93 bits per heavy atom. The van der Waals surface area contributed by atoms with Gasteiger partial charge >= 0.3 is 0 Å². The summed E-state index contributed by atoms with van der Waals surface area (Å²) in [4.78, 5) is 23.8. The lowest BCUT2D eigenvalue weighted by Crippen LogP contribution is -2.24. The largest absolute Gasteiger partial charge is 0.493 e. The first kappa shape index (κ1) is 21.5. The smallest absolute Gasteiger partial charge is 0.249 e. The third-order valence-electron chi connectivity index (χ3n) is 3.44. The monoisotopic (exact) mass is 423 g/mol. The molecule has 0 saturated carbocycles. The van der Waals surface area contributed by atoms with Crippen LogP contribution in [0.5, 0.6) is 11.5 Å². The van der Waals surface area contributed by atoms with Gasteiger partial charge in [-0.3, -0.25) is 9.59 Å². The summed E-state index contributed by atoms with van der Waals surface area (Å²) in [5.74, 6) is -0.0156. The summed E-state index contributed by atoms with van der Waals surface area (Å²) < 4.78 is 10.8. The van der Waals surface area contributed by atoms with Crippen molar-refractivity contribution in [3.8, 4) is 11.5 Å². The van der Waals surface area contributed by atoms with Gasteiger partial charge in [-0.2, -0.15) is 5.10 Å². The molecule has 0 fully saturated rings. The topological polar surface area (TPSA) is 89.0 Å². The molecule has 148 valence electrons. The molecular weight excluding hydrogens is 405 g/mol. The third kappa shape index (κ3) is 6.14. The molecule has 0 aliphatic heterocycles. The number of nitrogens with zero attached hydrogens (tertiary/aromatic N) is 1. The van der Waals surface area contributed by atoms with Crippen LogP contribution in [0.15, 0.2) is 41.5 Å². The van der Waals surface area contributed by atoms with Crippen molar-refractivity contribution < 1.29 is 19.1 Å². The van der Waals surface area contributed by atoms with Gasteiger partial charge in [0.25, 0.3) is 0 Å². The number of anilines is 1. The number of hydrogen-bond donors (Lipinski definition) is 2. The molecule has 2 N–H and O–H groups in total. The van der Waals surface area contributed by atoms with Crippen LogP contribution in [-0.4, -0.2) is 31.7 Å². The second kappa shape index (κ2) is 10.5. The Hall–Kier alpha value is -2.77. The average molecular weight is 424 g/mol. The van der Waals surface area contributed by atoms with Gasteiger partial charge in [-0.15, -0.1) is 0 Å². The Kier molecular flexibility index (Phi) is 8.10. The molecule has 2 amide bonds. The molecule has 0 bridgehead atoms. The minimum Gasteiger partial charge on any atom is -0.493 e. The highest BCUT2D eigenvalue weighted by Gasteiger charge is 2.11. The first-order chi connectivity index (χ1) is 13.4. The van der Waals surface area contributed by atoms with Crippen molar-refractivity contribution in [1.82, 2.24) is 5.43 Å². The summed E-state index contributed by atoms with van der Waals surface area (Å²) in [6.07, 6.45) is 1.01. The Balaban J connectivity index is 1.93. The maximum absolute atomic E-state index is 11.9. The van der Waals surface area contributed by atoms with Gasteiger partial charge in [-0.1, -0.05) is 29.3 Å². The average Bonchev–Trinajstić information content (AvgIpc) is 2.66. The number of amides is 2. The van der Waals surface area contributed by atoms with E-state index in [1.807, 2.05) is 6.92 Å². The number of hydrogen-bond acceptors (Lipinski definition) is 5. The molecule has 2 aromatic rings. The second-order valence-electron chi connectivity index (χ2n) is 5.46. The Morgan fingerprint density at radius 3 is 2.61 bits per heavy atom. The molecule has 28 heavy (non-hydrogen) atoms. The lowest BCUT2D eigenvalue weighted by molar-refractivity contribution is -0.126. The normalized spacial score (nSPS) is 10.6. The van der Waals surface area contributed by atoms with E-state index in [1.165, 1.54) is 19.4 Å². The number of nitrogens with one attached hydrogen (secondary N) is 2. The molecule has 0 radical (unpaired) electrons. The minimum atomic E-state index is -0.574. The number of carbonyl (C=O) groups is 2. The van der Waals surface area contributed by atoms with Crippen molar-refractivity contribution in [2.45, 2.75) is 13.3 Å². The van der Waals surface area contributed by atoms with Gasteiger partial charge in [0.1, 0.15) is 6.42 Å². The number of methoxy groups -OCH3 is 1. The highest BCUT2D eigenvalue weighted by atomic mass is 35.5. The van der Waals surface area contributed by atoms with Gasteiger partial charge in [0.2, 0.25) is 11.8 Å². The van der Waals surface area contributed by atoms with Gasteiger partial charge in [-0.25, -0.2) is 5.43 Å². The maximum Gasteiger partial charge on any atom is 0.249 e. The molecule has 0 spiro atoms. The van der Waals surface area contributed by atoms with Crippen LogP contribution >= 0.6 is 23.2 Å². The summed E-state index contributed by atoms with van der Waals surface area (Å²) in [5, 5.41) is 7.10. The first-order valence-electron chi connectivity index (χ1n) is 8.31. The fraction of sp³-hybridized carbons (Fsp3) is 0.211. The molecule has 2 aromatic carbocycles. The highest BCUT2D eigenvalue weighted by Crippen LogP contribution is 2.30. The zero-order valence-electron chi connectivity index (χ0n) is 15.3. The number of para-hydroxylation sites is 1. The molecule has 0 unspecified atom stereocenters. The quantitative estimate of drug-likeness (QED) is 0.383. The molecule has 0 aliphatic carbocycles. The van der Waals surface area contributed by atoms with Crippen molar-refractivity contribution in [2.24, 2.45) is 5.10 Å². The van der Waals surface area contributed by atoms with Crippen LogP contribution in [-0.2, 0) is 9.59 Å². The van der Waals surface area contributed by atoms with Crippen LogP contribution in [0.25, 0.3) is 0 Å². The van der Waals surface area contributed by atoms with E-state index < -0.39 is 18.2 Å². The van der Waals surface area contributed by atoms with Crippen LogP contribution in [0.1, 0.15) is 18.9 Å². The fourth-order valence-corrected chi connectivity index (χ4v) is 2.53. The predicted octanol–water partition coefficient (Wildman–Crippen LogP) is 3.88. The van der Waals surface area contributed by atoms with Crippen LogP contribution in [0.2, 0.25) is 10.0 Å². The number of rotatable bonds is 8. The summed E-state index contributed by atoms with van der Waals surface area (Å²) >= 11 is 11.7. The fourth-order valence-electron chi connectivity index (χ4n) is 2.23. The van der Waals surface area contributed by atoms with Gasteiger partial charge in [-0.05, 0) is 37.3 Å². The van der Waals surface area contributed by atoms with E-state index in [0.717, 1.165) is 0 Å². The lowest BCUT2D eigenvalue weighted by Gasteiger charge is -2.11. The molecule has 0 saturated heterocycles. The highest BCUT2D eigenvalue weighted by molar-refractivity contribution is 6.42. The van der Waals surface area contributed by atoms with Crippen LogP contribution in [0.4, 0.5) is 5.69 Å². The predicted molar refractivity (Wildman–Crippen MR) is 110 cm³/mol. The number of halogens is 2. The van der Waals surface area contributed by atoms with Crippen molar-refractivity contribution in [2.75, 3.05) is 19.0 Å². The molecule has 0 aliphatic rings. The van der Waals surface area contributed by atoms with Gasteiger partial charge in [0, 0.05) is 11.3 Å². The maximum atomic E-state index is 11.9. The Bertz CT molecular complexity index is 887. The molecule has 0 atom stereocenters. The Morgan fingerprint density at radius 1 is 1.14 bits per heavy atom. The van der Waals surface area contributed by atoms with Crippen molar-refractivity contribution >= 4 is 46.9 Å². The molecule has 9 heteroatoms. The van der Waals surface area contributed by atoms with Crippen molar-refractivity contribution in [3.05, 3.63) is 52.0 Å². The first-order valence-corrected chi connectivity index (χ1v) is 9.06.